The SMILES string of the molecule is CC(C)(C)OC(=O)N1CC2(CCCN(C(C(=O)O)C3CCCC3)C2)C1. The summed E-state index contributed by atoms with van der Waals surface area (Å²) in [4.78, 5) is 28.1. The number of carboxylic acids is 1. The lowest BCUT2D eigenvalue weighted by Gasteiger charge is -2.55. The first-order chi connectivity index (χ1) is 11.7. The zero-order valence-corrected chi connectivity index (χ0v) is 15.8. The van der Waals surface area contributed by atoms with Crippen molar-refractivity contribution in [2.45, 2.75) is 70.9 Å². The summed E-state index contributed by atoms with van der Waals surface area (Å²) in [7, 11) is 0. The largest absolute Gasteiger partial charge is 0.480 e. The Morgan fingerprint density at radius 1 is 1.12 bits per heavy atom. The van der Waals surface area contributed by atoms with Crippen molar-refractivity contribution in [2.24, 2.45) is 11.3 Å². The second-order valence-corrected chi connectivity index (χ2v) is 9.24. The average molecular weight is 352 g/mol. The predicted molar refractivity (Wildman–Crippen MR) is 94.4 cm³/mol. The molecule has 2 saturated heterocycles. The smallest absolute Gasteiger partial charge is 0.410 e. The van der Waals surface area contributed by atoms with Crippen LogP contribution in [0.3, 0.4) is 0 Å². The molecule has 3 aliphatic rings. The second-order valence-electron chi connectivity index (χ2n) is 9.24. The van der Waals surface area contributed by atoms with Crippen LogP contribution in [-0.2, 0) is 9.53 Å². The van der Waals surface area contributed by atoms with Crippen molar-refractivity contribution < 1.29 is 19.4 Å². The fourth-order valence-electron chi connectivity index (χ4n) is 4.89. The Morgan fingerprint density at radius 2 is 1.76 bits per heavy atom. The molecule has 1 amide bonds. The van der Waals surface area contributed by atoms with Crippen LogP contribution in [0, 0.1) is 11.3 Å². The number of likely N-dealkylation sites (tertiary alicyclic amines) is 2. The molecule has 3 fully saturated rings. The average Bonchev–Trinajstić information content (AvgIpc) is 2.96. The normalized spacial score (nSPS) is 25.6. The first kappa shape index (κ1) is 18.5. The van der Waals surface area contributed by atoms with Gasteiger partial charge in [0.05, 0.1) is 0 Å². The monoisotopic (exact) mass is 352 g/mol. The molecular weight excluding hydrogens is 320 g/mol. The molecule has 1 aliphatic carbocycles. The van der Waals surface area contributed by atoms with Gasteiger partial charge in [0.1, 0.15) is 11.6 Å². The quantitative estimate of drug-likeness (QED) is 0.845. The van der Waals surface area contributed by atoms with Crippen LogP contribution < -0.4 is 0 Å². The fraction of sp³-hybridized carbons (Fsp3) is 0.895. The van der Waals surface area contributed by atoms with Gasteiger partial charge >= 0.3 is 12.1 Å². The number of ether oxygens (including phenoxy) is 1. The lowest BCUT2D eigenvalue weighted by atomic mass is 9.72. The Kier molecular flexibility index (Phi) is 5.02. The lowest BCUT2D eigenvalue weighted by molar-refractivity contribution is -0.149. The molecule has 3 rings (SSSR count). The van der Waals surface area contributed by atoms with E-state index in [4.69, 9.17) is 4.74 Å². The van der Waals surface area contributed by atoms with Crippen molar-refractivity contribution in [3.05, 3.63) is 0 Å². The van der Waals surface area contributed by atoms with Crippen LogP contribution in [0.25, 0.3) is 0 Å². The van der Waals surface area contributed by atoms with Gasteiger partial charge in [-0.25, -0.2) is 4.79 Å². The van der Waals surface area contributed by atoms with Crippen LogP contribution in [0.4, 0.5) is 4.79 Å². The van der Waals surface area contributed by atoms with E-state index in [1.165, 1.54) is 0 Å². The molecule has 0 bridgehead atoms. The van der Waals surface area contributed by atoms with E-state index in [9.17, 15) is 14.7 Å². The highest BCUT2D eigenvalue weighted by Gasteiger charge is 2.50. The summed E-state index contributed by atoms with van der Waals surface area (Å²) >= 11 is 0. The van der Waals surface area contributed by atoms with Crippen molar-refractivity contribution in [1.82, 2.24) is 9.80 Å². The highest BCUT2D eigenvalue weighted by Crippen LogP contribution is 2.42. The van der Waals surface area contributed by atoms with Crippen molar-refractivity contribution in [3.63, 3.8) is 0 Å². The molecular formula is C19H32N2O4. The third-order valence-electron chi connectivity index (χ3n) is 5.89. The molecule has 25 heavy (non-hydrogen) atoms. The first-order valence-corrected chi connectivity index (χ1v) is 9.64. The van der Waals surface area contributed by atoms with Crippen molar-refractivity contribution in [3.8, 4) is 0 Å². The van der Waals surface area contributed by atoms with Crippen LogP contribution in [-0.4, -0.2) is 64.8 Å². The van der Waals surface area contributed by atoms with Gasteiger partial charge in [0.15, 0.2) is 0 Å². The van der Waals surface area contributed by atoms with E-state index in [-0.39, 0.29) is 23.5 Å². The van der Waals surface area contributed by atoms with E-state index < -0.39 is 11.6 Å². The Labute approximate surface area is 150 Å². The van der Waals surface area contributed by atoms with Gasteiger partial charge in [0, 0.05) is 25.0 Å². The number of carbonyl (C=O) groups excluding carboxylic acids is 1. The minimum atomic E-state index is -0.674. The molecule has 6 heteroatoms. The summed E-state index contributed by atoms with van der Waals surface area (Å²) < 4.78 is 5.45. The first-order valence-electron chi connectivity index (χ1n) is 9.64. The summed E-state index contributed by atoms with van der Waals surface area (Å²) in [6.07, 6.45) is 6.20. The van der Waals surface area contributed by atoms with Crippen molar-refractivity contribution in [1.29, 1.82) is 0 Å². The topological polar surface area (TPSA) is 70.1 Å². The number of hydrogen-bond donors (Lipinski definition) is 1. The van der Waals surface area contributed by atoms with Crippen molar-refractivity contribution in [2.75, 3.05) is 26.2 Å². The highest BCUT2D eigenvalue weighted by molar-refractivity contribution is 5.74. The standard InChI is InChI=1S/C19H32N2O4/c1-18(2,3)25-17(24)21-12-19(13-21)9-6-10-20(11-19)15(16(22)23)14-7-4-5-8-14/h14-15H,4-13H2,1-3H3,(H,22,23). The number of hydrogen-bond acceptors (Lipinski definition) is 4. The maximum Gasteiger partial charge on any atom is 0.410 e. The number of carboxylic acid groups (broad SMARTS) is 1. The molecule has 1 saturated carbocycles. The van der Waals surface area contributed by atoms with Crippen LogP contribution in [0.2, 0.25) is 0 Å². The van der Waals surface area contributed by atoms with Gasteiger partial charge in [0.25, 0.3) is 0 Å². The van der Waals surface area contributed by atoms with Gasteiger partial charge < -0.3 is 14.7 Å². The van der Waals surface area contributed by atoms with E-state index >= 15 is 0 Å². The Morgan fingerprint density at radius 3 is 2.32 bits per heavy atom. The third kappa shape index (κ3) is 4.10. The maximum atomic E-state index is 12.2. The number of nitrogens with zero attached hydrogens (tertiary/aromatic N) is 2. The van der Waals surface area contributed by atoms with Gasteiger partial charge in [-0.15, -0.1) is 0 Å². The summed E-state index contributed by atoms with van der Waals surface area (Å²) in [5.74, 6) is -0.387. The van der Waals surface area contributed by atoms with Gasteiger partial charge in [0.2, 0.25) is 0 Å². The lowest BCUT2D eigenvalue weighted by Crippen LogP contribution is -2.66. The molecule has 1 atom stereocenters. The van der Waals surface area contributed by atoms with Crippen LogP contribution in [0.15, 0.2) is 0 Å². The molecule has 0 aromatic carbocycles. The number of piperidine rings is 1. The number of carbonyl (C=O) groups is 2. The number of rotatable bonds is 3. The number of amides is 1. The summed E-state index contributed by atoms with van der Waals surface area (Å²) in [5, 5.41) is 9.79. The fourth-order valence-corrected chi connectivity index (χ4v) is 4.89. The van der Waals surface area contributed by atoms with Gasteiger partial charge in [-0.1, -0.05) is 12.8 Å². The summed E-state index contributed by atoms with van der Waals surface area (Å²) in [5.41, 5.74) is -0.420. The maximum absolute atomic E-state index is 12.2. The molecule has 0 radical (unpaired) electrons. The molecule has 2 heterocycles. The molecule has 0 aromatic rings. The molecule has 142 valence electrons. The Hall–Kier alpha value is -1.30. The molecule has 1 spiro atoms. The molecule has 2 aliphatic heterocycles. The zero-order chi connectivity index (χ0) is 18.2. The van der Waals surface area contributed by atoms with Gasteiger partial charge in [-0.05, 0) is 58.9 Å². The minimum Gasteiger partial charge on any atom is -0.480 e. The molecule has 1 N–H and O–H groups in total. The Bertz CT molecular complexity index is 516. The van der Waals surface area contributed by atoms with Crippen LogP contribution >= 0.6 is 0 Å². The highest BCUT2D eigenvalue weighted by atomic mass is 16.6. The van der Waals surface area contributed by atoms with E-state index in [0.29, 0.717) is 13.1 Å². The molecule has 0 aromatic heterocycles. The van der Waals surface area contributed by atoms with Gasteiger partial charge in [-0.2, -0.15) is 0 Å². The molecule has 1 unspecified atom stereocenters. The number of aliphatic carboxylic acids is 1. The van der Waals surface area contributed by atoms with E-state index in [0.717, 1.165) is 51.6 Å². The van der Waals surface area contributed by atoms with Crippen molar-refractivity contribution >= 4 is 12.1 Å². The third-order valence-corrected chi connectivity index (χ3v) is 5.89. The van der Waals surface area contributed by atoms with Crippen LogP contribution in [0.1, 0.15) is 59.3 Å². The summed E-state index contributed by atoms with van der Waals surface area (Å²) in [6.45, 7) is 8.66. The minimum absolute atomic E-state index is 0.0570. The Balaban J connectivity index is 1.60. The van der Waals surface area contributed by atoms with Crippen LogP contribution in [0.5, 0.6) is 0 Å². The van der Waals surface area contributed by atoms with E-state index in [1.54, 1.807) is 4.90 Å². The van der Waals surface area contributed by atoms with E-state index in [1.807, 2.05) is 20.8 Å². The predicted octanol–water partition coefficient (Wildman–Crippen LogP) is 2.96. The van der Waals surface area contributed by atoms with E-state index in [2.05, 4.69) is 4.90 Å². The van der Waals surface area contributed by atoms with Gasteiger partial charge in [-0.3, -0.25) is 9.69 Å². The zero-order valence-electron chi connectivity index (χ0n) is 15.8. The molecule has 6 nitrogen and oxygen atoms in total. The second kappa shape index (κ2) is 6.78. The summed E-state index contributed by atoms with van der Waals surface area (Å²) in [6, 6.07) is -0.352.